The number of amides is 5. The summed E-state index contributed by atoms with van der Waals surface area (Å²) in [6.07, 6.45) is 1.95. The van der Waals surface area contributed by atoms with Gasteiger partial charge in [-0.05, 0) is 38.3 Å². The van der Waals surface area contributed by atoms with Crippen LogP contribution in [0.1, 0.15) is 58.1 Å². The van der Waals surface area contributed by atoms with Crippen LogP contribution in [0.2, 0.25) is 0 Å². The van der Waals surface area contributed by atoms with Crippen molar-refractivity contribution >= 4 is 35.3 Å². The molecule has 0 fully saturated rings. The Morgan fingerprint density at radius 1 is 0.762 bits per heavy atom. The molecule has 0 aromatic heterocycles. The first-order chi connectivity index (χ1) is 19.8. The molecule has 11 nitrogen and oxygen atoms in total. The summed E-state index contributed by atoms with van der Waals surface area (Å²) in [5.74, 6) is -4.49. The minimum atomic E-state index is -1.41. The Hall–Kier alpha value is -4.54. The molecule has 2 rings (SSSR count). The summed E-state index contributed by atoms with van der Waals surface area (Å²) in [7, 11) is 0. The molecule has 2 aromatic rings. The lowest BCUT2D eigenvalue weighted by Gasteiger charge is -2.26. The van der Waals surface area contributed by atoms with Crippen LogP contribution in [0.3, 0.4) is 0 Å². The first kappa shape index (κ1) is 33.7. The van der Waals surface area contributed by atoms with Crippen molar-refractivity contribution in [3.05, 3.63) is 71.8 Å². The lowest BCUT2D eigenvalue weighted by Crippen LogP contribution is -2.60. The molecule has 0 aliphatic heterocycles. The molecule has 3 atom stereocenters. The second-order valence-electron chi connectivity index (χ2n) is 10.7. The Kier molecular flexibility index (Phi) is 12.9. The van der Waals surface area contributed by atoms with Crippen LogP contribution in [0.4, 0.5) is 0 Å². The number of nitrogens with two attached hydrogens (primary N) is 1. The summed E-state index contributed by atoms with van der Waals surface area (Å²) in [4.78, 5) is 76.4. The molecule has 0 bridgehead atoms. The summed E-state index contributed by atoms with van der Waals surface area (Å²) in [6, 6.07) is 14.5. The molecule has 42 heavy (non-hydrogen) atoms. The van der Waals surface area contributed by atoms with Crippen molar-refractivity contribution in [1.82, 2.24) is 21.3 Å². The second kappa shape index (κ2) is 16.0. The number of nitrogens with one attached hydrogen (secondary N) is 4. The Morgan fingerprint density at radius 2 is 1.26 bits per heavy atom. The minimum absolute atomic E-state index is 0.0320. The van der Waals surface area contributed by atoms with E-state index in [0.29, 0.717) is 12.0 Å². The van der Waals surface area contributed by atoms with Gasteiger partial charge in [-0.1, -0.05) is 74.0 Å². The zero-order valence-corrected chi connectivity index (χ0v) is 24.6. The van der Waals surface area contributed by atoms with E-state index in [2.05, 4.69) is 21.3 Å². The maximum absolute atomic E-state index is 13.2. The van der Waals surface area contributed by atoms with E-state index in [-0.39, 0.29) is 25.2 Å². The van der Waals surface area contributed by atoms with E-state index < -0.39 is 53.1 Å². The Bertz CT molecular complexity index is 1250. The van der Waals surface area contributed by atoms with Crippen LogP contribution in [0.15, 0.2) is 60.7 Å². The van der Waals surface area contributed by atoms with Gasteiger partial charge in [0.1, 0.15) is 17.6 Å². The number of ketones is 1. The van der Waals surface area contributed by atoms with Gasteiger partial charge in [-0.2, -0.15) is 0 Å². The van der Waals surface area contributed by atoms with Gasteiger partial charge in [0, 0.05) is 19.3 Å². The maximum Gasteiger partial charge on any atom is 0.290 e. The van der Waals surface area contributed by atoms with E-state index in [0.717, 1.165) is 12.0 Å². The van der Waals surface area contributed by atoms with Crippen LogP contribution in [0, 0.1) is 0 Å². The molecule has 11 heteroatoms. The van der Waals surface area contributed by atoms with Crippen molar-refractivity contribution < 1.29 is 28.8 Å². The Labute approximate surface area is 246 Å². The second-order valence-corrected chi connectivity index (χ2v) is 10.7. The molecule has 2 aromatic carbocycles. The molecule has 3 unspecified atom stereocenters. The van der Waals surface area contributed by atoms with Crippen LogP contribution in [-0.4, -0.2) is 59.0 Å². The fraction of sp³-hybridized carbons (Fsp3) is 0.419. The van der Waals surface area contributed by atoms with Crippen LogP contribution < -0.4 is 27.0 Å². The van der Waals surface area contributed by atoms with Crippen molar-refractivity contribution in [3.63, 3.8) is 0 Å². The number of primary amides is 1. The van der Waals surface area contributed by atoms with Crippen LogP contribution in [0.5, 0.6) is 0 Å². The molecule has 226 valence electrons. The van der Waals surface area contributed by atoms with Gasteiger partial charge in [0.15, 0.2) is 0 Å². The van der Waals surface area contributed by atoms with Crippen LogP contribution in [0.25, 0.3) is 0 Å². The third kappa shape index (κ3) is 10.8. The number of hydrogen-bond acceptors (Lipinski definition) is 6. The number of rotatable bonds is 16. The van der Waals surface area contributed by atoms with Gasteiger partial charge in [-0.3, -0.25) is 28.8 Å². The molecule has 0 saturated carbocycles. The highest BCUT2D eigenvalue weighted by Crippen LogP contribution is 2.08. The summed E-state index contributed by atoms with van der Waals surface area (Å²) in [6.45, 7) is 6.14. The molecule has 0 spiro atoms. The molecule has 6 N–H and O–H groups in total. The highest BCUT2D eigenvalue weighted by molar-refractivity contribution is 6.38. The van der Waals surface area contributed by atoms with Crippen molar-refractivity contribution in [2.24, 2.45) is 5.73 Å². The Morgan fingerprint density at radius 3 is 1.74 bits per heavy atom. The van der Waals surface area contributed by atoms with Crippen molar-refractivity contribution in [3.8, 4) is 0 Å². The lowest BCUT2D eigenvalue weighted by atomic mass is 10.0. The number of benzene rings is 2. The van der Waals surface area contributed by atoms with Gasteiger partial charge in [0.05, 0.1) is 6.04 Å². The average Bonchev–Trinajstić information content (AvgIpc) is 2.95. The first-order valence-electron chi connectivity index (χ1n) is 14.0. The van der Waals surface area contributed by atoms with Crippen LogP contribution >= 0.6 is 0 Å². The Balaban J connectivity index is 2.14. The third-order valence-electron chi connectivity index (χ3n) is 6.62. The van der Waals surface area contributed by atoms with E-state index >= 15 is 0 Å². The number of carbonyl (C=O) groups is 6. The summed E-state index contributed by atoms with van der Waals surface area (Å²) in [5, 5.41) is 10.2. The van der Waals surface area contributed by atoms with Gasteiger partial charge < -0.3 is 27.0 Å². The van der Waals surface area contributed by atoms with Gasteiger partial charge >= 0.3 is 0 Å². The zero-order valence-electron chi connectivity index (χ0n) is 24.6. The van der Waals surface area contributed by atoms with Crippen molar-refractivity contribution in [2.75, 3.05) is 0 Å². The molecule has 5 amide bonds. The molecule has 0 radical (unpaired) electrons. The number of hydrogen-bond donors (Lipinski definition) is 5. The normalized spacial score (nSPS) is 13.1. The number of carbonyl (C=O) groups excluding carboxylic acids is 6. The lowest BCUT2D eigenvalue weighted by molar-refractivity contribution is -0.141. The fourth-order valence-electron chi connectivity index (χ4n) is 3.98. The summed E-state index contributed by atoms with van der Waals surface area (Å²) < 4.78 is 0. The first-order valence-corrected chi connectivity index (χ1v) is 14.0. The molecular formula is C31H41N5O6. The van der Waals surface area contributed by atoms with Gasteiger partial charge in [0.2, 0.25) is 29.4 Å². The molecule has 0 aliphatic rings. The van der Waals surface area contributed by atoms with E-state index in [4.69, 9.17) is 5.73 Å². The van der Waals surface area contributed by atoms with Crippen molar-refractivity contribution in [2.45, 2.75) is 83.5 Å². The summed E-state index contributed by atoms with van der Waals surface area (Å²) in [5.41, 5.74) is 5.47. The van der Waals surface area contributed by atoms with E-state index in [1.165, 1.54) is 20.8 Å². The van der Waals surface area contributed by atoms with E-state index in [1.54, 1.807) is 30.3 Å². The quantitative estimate of drug-likeness (QED) is 0.186. The predicted molar refractivity (Wildman–Crippen MR) is 158 cm³/mol. The fourth-order valence-corrected chi connectivity index (χ4v) is 3.98. The number of Topliss-reactive ketones (excluding diaryl/α,β-unsaturated/α-hetero) is 1. The van der Waals surface area contributed by atoms with Gasteiger partial charge in [-0.25, -0.2) is 0 Å². The molecule has 0 aliphatic carbocycles. The number of unbranched alkanes of at least 4 members (excludes halogenated alkanes) is 1. The van der Waals surface area contributed by atoms with Gasteiger partial charge in [0.25, 0.3) is 5.91 Å². The highest BCUT2D eigenvalue weighted by atomic mass is 16.2. The predicted octanol–water partition coefficient (Wildman–Crippen LogP) is 1.09. The van der Waals surface area contributed by atoms with Gasteiger partial charge in [-0.15, -0.1) is 0 Å². The highest BCUT2D eigenvalue weighted by Gasteiger charge is 2.34. The molecular weight excluding hydrogens is 538 g/mol. The molecule has 0 saturated heterocycles. The minimum Gasteiger partial charge on any atom is -0.368 e. The SMILES string of the molecule is CCCCC(=O)NC(Cc1ccccc1)C(=O)NC(C)C(=O)C(=O)NC(Cc1ccccc1)C(=O)NC(C)(C)C(N)=O. The standard InChI is InChI=1S/C31H41N5O6/c1-5-6-17-25(37)34-23(18-21-13-9-7-10-14-21)27(39)33-20(2)26(38)29(41)35-24(19-22-15-11-8-12-16-22)28(40)36-31(3,4)30(32)42/h7-16,20,23-24H,5-6,17-19H2,1-4H3,(H2,32,42)(H,33,39)(H,34,37)(H,35,41)(H,36,40). The van der Waals surface area contributed by atoms with E-state index in [9.17, 15) is 28.8 Å². The smallest absolute Gasteiger partial charge is 0.290 e. The average molecular weight is 580 g/mol. The van der Waals surface area contributed by atoms with E-state index in [1.807, 2.05) is 37.3 Å². The largest absolute Gasteiger partial charge is 0.368 e. The monoisotopic (exact) mass is 579 g/mol. The topological polar surface area (TPSA) is 177 Å². The maximum atomic E-state index is 13.2. The van der Waals surface area contributed by atoms with Crippen molar-refractivity contribution in [1.29, 1.82) is 0 Å². The third-order valence-corrected chi connectivity index (χ3v) is 6.62. The summed E-state index contributed by atoms with van der Waals surface area (Å²) >= 11 is 0. The zero-order chi connectivity index (χ0) is 31.3. The molecule has 0 heterocycles. The van der Waals surface area contributed by atoms with Crippen LogP contribution in [-0.2, 0) is 41.6 Å².